The fourth-order valence-corrected chi connectivity index (χ4v) is 3.16. The molecule has 1 aromatic rings. The molecule has 1 aliphatic heterocycles. The van der Waals surface area contributed by atoms with E-state index in [9.17, 15) is 5.11 Å². The normalized spacial score (nSPS) is 13.6. The Kier molecular flexibility index (Phi) is 9.24. The van der Waals surface area contributed by atoms with Crippen LogP contribution in [0.1, 0.15) is 76.7 Å². The molecule has 0 spiro atoms. The summed E-state index contributed by atoms with van der Waals surface area (Å²) in [6, 6.07) is 5.47. The number of nitrogens with one attached hydrogen (secondary N) is 1. The lowest BCUT2D eigenvalue weighted by molar-refractivity contribution is 0.302. The van der Waals surface area contributed by atoms with Crippen molar-refractivity contribution in [1.82, 2.24) is 5.32 Å². The van der Waals surface area contributed by atoms with Gasteiger partial charge < -0.3 is 15.2 Å². The van der Waals surface area contributed by atoms with Crippen LogP contribution >= 0.6 is 0 Å². The lowest BCUT2D eigenvalue weighted by Gasteiger charge is -2.09. The number of nitrogens with zero attached hydrogens (tertiary/aromatic N) is 1. The van der Waals surface area contributed by atoms with E-state index in [0.29, 0.717) is 6.61 Å². The van der Waals surface area contributed by atoms with Crippen molar-refractivity contribution in [2.24, 2.45) is 4.99 Å². The van der Waals surface area contributed by atoms with E-state index in [2.05, 4.69) is 17.2 Å². The molecule has 1 aliphatic rings. The summed E-state index contributed by atoms with van der Waals surface area (Å²) in [5, 5.41) is 13.3. The highest BCUT2D eigenvalue weighted by molar-refractivity contribution is 6.02. The second kappa shape index (κ2) is 11.8. The average molecular weight is 347 g/mol. The quantitative estimate of drug-likeness (QED) is 0.492. The molecular formula is C21H34N2O2. The van der Waals surface area contributed by atoms with Crippen LogP contribution < -0.4 is 10.1 Å². The Bertz CT molecular complexity index is 529. The molecule has 0 saturated heterocycles. The van der Waals surface area contributed by atoms with Gasteiger partial charge in [0.2, 0.25) is 0 Å². The van der Waals surface area contributed by atoms with Gasteiger partial charge in [0.15, 0.2) is 0 Å². The molecule has 0 aromatic heterocycles. The third-order valence-corrected chi connectivity index (χ3v) is 4.67. The van der Waals surface area contributed by atoms with Crippen LogP contribution in [0.2, 0.25) is 0 Å². The molecule has 25 heavy (non-hydrogen) atoms. The zero-order valence-corrected chi connectivity index (χ0v) is 15.7. The van der Waals surface area contributed by atoms with Crippen molar-refractivity contribution in [3.63, 3.8) is 0 Å². The lowest BCUT2D eigenvalue weighted by Crippen LogP contribution is -2.19. The fourth-order valence-electron chi connectivity index (χ4n) is 3.16. The highest BCUT2D eigenvalue weighted by Crippen LogP contribution is 2.24. The van der Waals surface area contributed by atoms with Crippen molar-refractivity contribution in [2.75, 3.05) is 19.7 Å². The van der Waals surface area contributed by atoms with E-state index in [1.807, 2.05) is 12.1 Å². The molecule has 0 bridgehead atoms. The van der Waals surface area contributed by atoms with Crippen LogP contribution in [0.4, 0.5) is 0 Å². The van der Waals surface area contributed by atoms with Gasteiger partial charge in [-0.15, -0.1) is 0 Å². The Morgan fingerprint density at radius 2 is 1.68 bits per heavy atom. The maximum atomic E-state index is 10.1. The van der Waals surface area contributed by atoms with Crippen LogP contribution in [0, 0.1) is 0 Å². The number of amidine groups is 1. The van der Waals surface area contributed by atoms with Gasteiger partial charge in [0.05, 0.1) is 18.7 Å². The second-order valence-corrected chi connectivity index (χ2v) is 6.87. The first-order chi connectivity index (χ1) is 12.3. The van der Waals surface area contributed by atoms with Gasteiger partial charge in [0, 0.05) is 12.6 Å². The molecule has 0 aliphatic carbocycles. The van der Waals surface area contributed by atoms with Gasteiger partial charge >= 0.3 is 0 Å². The minimum absolute atomic E-state index is 0.230. The van der Waals surface area contributed by atoms with Gasteiger partial charge in [-0.3, -0.25) is 4.99 Å². The van der Waals surface area contributed by atoms with Crippen LogP contribution in [-0.4, -0.2) is 30.6 Å². The second-order valence-electron chi connectivity index (χ2n) is 6.87. The summed E-state index contributed by atoms with van der Waals surface area (Å²) in [5.74, 6) is 1.74. The summed E-state index contributed by atoms with van der Waals surface area (Å²) in [6.07, 6.45) is 13.2. The van der Waals surface area contributed by atoms with Crippen molar-refractivity contribution in [2.45, 2.75) is 71.1 Å². The zero-order chi connectivity index (χ0) is 17.7. The molecular weight excluding hydrogens is 312 g/mol. The number of phenols is 1. The molecule has 1 aromatic carbocycles. The van der Waals surface area contributed by atoms with E-state index in [-0.39, 0.29) is 5.75 Å². The molecule has 0 atom stereocenters. The van der Waals surface area contributed by atoms with Gasteiger partial charge in [-0.05, 0) is 18.6 Å². The van der Waals surface area contributed by atoms with Gasteiger partial charge in [-0.1, -0.05) is 64.7 Å². The molecule has 0 unspecified atom stereocenters. The predicted octanol–water partition coefficient (Wildman–Crippen LogP) is 5.04. The minimum Gasteiger partial charge on any atom is -0.507 e. The highest BCUT2D eigenvalue weighted by atomic mass is 16.5. The highest BCUT2D eigenvalue weighted by Gasteiger charge is 2.12. The van der Waals surface area contributed by atoms with E-state index in [0.717, 1.165) is 36.7 Å². The molecule has 0 saturated carbocycles. The Morgan fingerprint density at radius 1 is 1.00 bits per heavy atom. The molecule has 4 nitrogen and oxygen atoms in total. The summed E-state index contributed by atoms with van der Waals surface area (Å²) in [7, 11) is 0. The van der Waals surface area contributed by atoms with E-state index < -0.39 is 0 Å². The summed E-state index contributed by atoms with van der Waals surface area (Å²) in [5.41, 5.74) is 0.754. The fraction of sp³-hybridized carbons (Fsp3) is 0.667. The van der Waals surface area contributed by atoms with Gasteiger partial charge in [-0.25, -0.2) is 0 Å². The number of unbranched alkanes of at least 4 members (excludes halogenated alkanes) is 9. The number of ether oxygens (including phenoxy) is 1. The van der Waals surface area contributed by atoms with Crippen LogP contribution in [0.5, 0.6) is 11.5 Å². The largest absolute Gasteiger partial charge is 0.507 e. The first-order valence-corrected chi connectivity index (χ1v) is 10.1. The van der Waals surface area contributed by atoms with Crippen molar-refractivity contribution in [1.29, 1.82) is 0 Å². The Morgan fingerprint density at radius 3 is 2.28 bits per heavy atom. The third-order valence-electron chi connectivity index (χ3n) is 4.67. The Labute approximate surface area is 152 Å². The standard InChI is InChI=1S/C21H34N2O2/c1-2-3-4-5-6-7-8-9-10-11-16-25-18-12-13-19(20(24)17-18)21-22-14-15-23-21/h12-13,17,24H,2-11,14-16H2,1H3,(H,22,23). The summed E-state index contributed by atoms with van der Waals surface area (Å²) < 4.78 is 5.76. The predicted molar refractivity (Wildman–Crippen MR) is 105 cm³/mol. The number of benzene rings is 1. The van der Waals surface area contributed by atoms with Gasteiger partial charge in [0.25, 0.3) is 0 Å². The van der Waals surface area contributed by atoms with Gasteiger partial charge in [0.1, 0.15) is 17.3 Å². The molecule has 140 valence electrons. The van der Waals surface area contributed by atoms with Crippen molar-refractivity contribution in [3.8, 4) is 11.5 Å². The smallest absolute Gasteiger partial charge is 0.132 e. The van der Waals surface area contributed by atoms with E-state index >= 15 is 0 Å². The first kappa shape index (κ1) is 19.6. The summed E-state index contributed by atoms with van der Waals surface area (Å²) in [6.45, 7) is 4.59. The maximum Gasteiger partial charge on any atom is 0.132 e. The molecule has 2 rings (SSSR count). The number of aliphatic imine (C=N–C) groups is 1. The summed E-state index contributed by atoms with van der Waals surface area (Å²) >= 11 is 0. The molecule has 1 heterocycles. The molecule has 4 heteroatoms. The number of aromatic hydroxyl groups is 1. The van der Waals surface area contributed by atoms with Crippen LogP contribution in [0.15, 0.2) is 23.2 Å². The van der Waals surface area contributed by atoms with Crippen LogP contribution in [0.25, 0.3) is 0 Å². The van der Waals surface area contributed by atoms with Crippen LogP contribution in [-0.2, 0) is 0 Å². The lowest BCUT2D eigenvalue weighted by atomic mass is 10.1. The average Bonchev–Trinajstić information content (AvgIpc) is 3.14. The Balaban J connectivity index is 1.53. The third kappa shape index (κ3) is 7.37. The van der Waals surface area contributed by atoms with Crippen molar-refractivity contribution in [3.05, 3.63) is 23.8 Å². The SMILES string of the molecule is CCCCCCCCCCCCOc1ccc(C2=NCCN2)c(O)c1. The molecule has 0 fully saturated rings. The summed E-state index contributed by atoms with van der Waals surface area (Å²) in [4.78, 5) is 4.33. The number of phenolic OH excluding ortho intramolecular Hbond substituents is 1. The van der Waals surface area contributed by atoms with E-state index in [1.54, 1.807) is 6.07 Å². The van der Waals surface area contributed by atoms with E-state index in [1.165, 1.54) is 57.8 Å². The maximum absolute atomic E-state index is 10.1. The number of rotatable bonds is 13. The topological polar surface area (TPSA) is 53.8 Å². The van der Waals surface area contributed by atoms with E-state index in [4.69, 9.17) is 4.74 Å². The van der Waals surface area contributed by atoms with Crippen molar-refractivity contribution < 1.29 is 9.84 Å². The monoisotopic (exact) mass is 346 g/mol. The molecule has 0 radical (unpaired) electrons. The zero-order valence-electron chi connectivity index (χ0n) is 15.7. The van der Waals surface area contributed by atoms with Gasteiger partial charge in [-0.2, -0.15) is 0 Å². The minimum atomic E-state index is 0.230. The Hall–Kier alpha value is -1.71. The first-order valence-electron chi connectivity index (χ1n) is 10.1. The molecule has 2 N–H and O–H groups in total. The number of hydrogen-bond acceptors (Lipinski definition) is 4. The van der Waals surface area contributed by atoms with Crippen LogP contribution in [0.3, 0.4) is 0 Å². The van der Waals surface area contributed by atoms with Crippen molar-refractivity contribution >= 4 is 5.84 Å². The molecule has 0 amide bonds. The number of hydrogen-bond donors (Lipinski definition) is 2.